The van der Waals surface area contributed by atoms with E-state index in [1.165, 1.54) is 39.3 Å². The lowest BCUT2D eigenvalue weighted by atomic mass is 10.1. The van der Waals surface area contributed by atoms with Crippen LogP contribution in [-0.4, -0.2) is 114 Å². The molecule has 1 aliphatic rings. The molecule has 248 valence electrons. The Morgan fingerprint density at radius 3 is 1.71 bits per heavy atom. The first-order valence-electron chi connectivity index (χ1n) is 14.3. The van der Waals surface area contributed by atoms with Crippen LogP contribution in [0.2, 0.25) is 0 Å². The monoisotopic (exact) mass is 646 g/mol. The lowest BCUT2D eigenvalue weighted by molar-refractivity contribution is -0.0530. The molecule has 1 aliphatic heterocycles. The normalized spacial score (nSPS) is 21.9. The summed E-state index contributed by atoms with van der Waals surface area (Å²) < 4.78 is 34.3. The molecule has 17 heteroatoms. The summed E-state index contributed by atoms with van der Waals surface area (Å²) in [7, 11) is -9.52. The van der Waals surface area contributed by atoms with Crippen molar-refractivity contribution in [1.82, 2.24) is 18.9 Å². The van der Waals surface area contributed by atoms with Crippen molar-refractivity contribution in [3.8, 4) is 0 Å². The first kappa shape index (κ1) is 40.8. The van der Waals surface area contributed by atoms with Crippen LogP contribution in [0.5, 0.6) is 0 Å². The van der Waals surface area contributed by atoms with Gasteiger partial charge in [0.05, 0.1) is 6.61 Å². The Balaban J connectivity index is 0.000000990. The summed E-state index contributed by atoms with van der Waals surface area (Å²) in [6, 6.07) is 1.09. The molecule has 1 unspecified atom stereocenters. The summed E-state index contributed by atoms with van der Waals surface area (Å²) in [5.74, 6) is -1.42. The molecule has 1 fully saturated rings. The van der Waals surface area contributed by atoms with Gasteiger partial charge in [0.15, 0.2) is 12.1 Å². The highest BCUT2D eigenvalue weighted by Crippen LogP contribution is 2.55. The van der Waals surface area contributed by atoms with E-state index in [9.17, 15) is 33.8 Å². The van der Waals surface area contributed by atoms with Crippen molar-refractivity contribution in [1.29, 1.82) is 0 Å². The number of hydrogen-bond acceptors (Lipinski definition) is 10. The topological polar surface area (TPSA) is 204 Å². The highest BCUT2D eigenvalue weighted by Gasteiger charge is 2.45. The number of rotatable bonds is 14. The van der Waals surface area contributed by atoms with Crippen molar-refractivity contribution >= 4 is 15.2 Å². The molecule has 42 heavy (non-hydrogen) atoms. The van der Waals surface area contributed by atoms with Gasteiger partial charge in [-0.3, -0.25) is 23.1 Å². The minimum atomic E-state index is -4.83. The fourth-order valence-electron chi connectivity index (χ4n) is 4.06. The van der Waals surface area contributed by atoms with E-state index >= 15 is 0 Å². The van der Waals surface area contributed by atoms with E-state index < -0.39 is 63.5 Å². The van der Waals surface area contributed by atoms with Gasteiger partial charge in [-0.15, -0.1) is 0 Å². The summed E-state index contributed by atoms with van der Waals surface area (Å²) in [6.45, 7) is 21.4. The van der Waals surface area contributed by atoms with Crippen LogP contribution >= 0.6 is 15.2 Å². The van der Waals surface area contributed by atoms with Gasteiger partial charge in [-0.2, -0.15) is 0 Å². The third kappa shape index (κ3) is 14.0. The van der Waals surface area contributed by atoms with E-state index in [2.05, 4.69) is 55.9 Å². The fraction of sp³-hybridized carbons (Fsp3) is 0.840. The fourth-order valence-corrected chi connectivity index (χ4v) is 6.63. The van der Waals surface area contributed by atoms with E-state index in [4.69, 9.17) is 14.5 Å². The minimum Gasteiger partial charge on any atom is -0.387 e. The van der Waals surface area contributed by atoms with Crippen molar-refractivity contribution in [2.45, 2.75) is 86.0 Å². The van der Waals surface area contributed by atoms with E-state index in [1.807, 2.05) is 0 Å². The Kier molecular flexibility index (Phi) is 19.4. The van der Waals surface area contributed by atoms with Crippen LogP contribution in [0.25, 0.3) is 0 Å². The average Bonchev–Trinajstić information content (AvgIpc) is 3.20. The first-order valence-corrected chi connectivity index (χ1v) is 17.9. The van der Waals surface area contributed by atoms with Gasteiger partial charge in [-0.1, -0.05) is 48.5 Å². The predicted molar refractivity (Wildman–Crippen MR) is 161 cm³/mol. The quantitative estimate of drug-likeness (QED) is 0.180. The molecular formula is C25H52N4O11P2. The molecule has 0 saturated carbocycles. The molecule has 2 rings (SSSR count). The maximum Gasteiger partial charge on any atom is 0.340 e. The second-order valence-electron chi connectivity index (χ2n) is 9.52. The summed E-state index contributed by atoms with van der Waals surface area (Å²) in [4.78, 5) is 56.0. The average molecular weight is 647 g/mol. The minimum absolute atomic E-state index is 0.131. The maximum absolute atomic E-state index is 12.5. The number of aliphatic hydroxyl groups is 2. The summed E-state index contributed by atoms with van der Waals surface area (Å²) >= 11 is 0. The molecule has 0 aliphatic carbocycles. The van der Waals surface area contributed by atoms with Crippen LogP contribution in [0.4, 0.5) is 0 Å². The predicted octanol–water partition coefficient (Wildman–Crippen LogP) is 1.07. The van der Waals surface area contributed by atoms with Crippen molar-refractivity contribution in [2.24, 2.45) is 0 Å². The molecule has 1 aromatic heterocycles. The van der Waals surface area contributed by atoms with Crippen molar-refractivity contribution in [3.05, 3.63) is 33.1 Å². The number of hydrogen-bond donors (Lipinski definition) is 5. The third-order valence-electron chi connectivity index (χ3n) is 6.64. The summed E-state index contributed by atoms with van der Waals surface area (Å²) in [6.07, 6.45) is -4.43. The standard InChI is InChI=1S/C13H22N2O11P2.2C6H15N/c1-2-4-14-9(16)3-5-15(13(14)19)12-11(18)10(17)8(26-12)6-25-28(23,24)7-27(20,21)22;2*1-4-7(5-2)6-3/h3,5,8,10-12,17-18H,2,4,6-7H2,1H3,(H,23,24)(H2,20,21,22);2*4-6H2,1-3H3/t8-,10-,11-,12-;;/m1../s1. The van der Waals surface area contributed by atoms with Gasteiger partial charge in [0.2, 0.25) is 0 Å². The molecule has 5 N–H and O–H groups in total. The molecule has 0 spiro atoms. The Hall–Kier alpha value is -1.22. The number of nitrogens with zero attached hydrogens (tertiary/aromatic N) is 4. The lowest BCUT2D eigenvalue weighted by Crippen LogP contribution is -2.43. The lowest BCUT2D eigenvalue weighted by Gasteiger charge is -2.19. The van der Waals surface area contributed by atoms with Crippen LogP contribution in [-0.2, 0) is 24.9 Å². The Labute approximate surface area is 248 Å². The van der Waals surface area contributed by atoms with E-state index in [0.29, 0.717) is 6.42 Å². The zero-order valence-electron chi connectivity index (χ0n) is 25.9. The van der Waals surface area contributed by atoms with Gasteiger partial charge in [0, 0.05) is 18.8 Å². The molecule has 0 bridgehead atoms. The molecular weight excluding hydrogens is 594 g/mol. The van der Waals surface area contributed by atoms with Gasteiger partial charge >= 0.3 is 20.9 Å². The van der Waals surface area contributed by atoms with Gasteiger partial charge in [0.25, 0.3) is 5.56 Å². The van der Waals surface area contributed by atoms with Crippen LogP contribution < -0.4 is 11.2 Å². The molecule has 0 amide bonds. The molecule has 0 aromatic carbocycles. The second-order valence-corrected chi connectivity index (χ2v) is 13.5. The SMILES string of the molecule is CCCn1c(=O)ccn([C@@H]2O[C@H](COP(=O)(O)CP(=O)(O)O)[C@@H](O)[C@H]2O)c1=O.CCN(CC)CC.CCN(CC)CC. The Morgan fingerprint density at radius 1 is 0.857 bits per heavy atom. The number of ether oxygens (including phenoxy) is 1. The van der Waals surface area contributed by atoms with E-state index in [0.717, 1.165) is 21.4 Å². The zero-order chi connectivity index (χ0) is 32.7. The number of aromatic nitrogens is 2. The van der Waals surface area contributed by atoms with E-state index in [-0.39, 0.29) is 6.54 Å². The van der Waals surface area contributed by atoms with Crippen LogP contribution in [0.1, 0.15) is 61.1 Å². The largest absolute Gasteiger partial charge is 0.387 e. The van der Waals surface area contributed by atoms with Gasteiger partial charge < -0.3 is 44.0 Å². The molecule has 1 saturated heterocycles. The molecule has 5 atom stereocenters. The van der Waals surface area contributed by atoms with Crippen molar-refractivity contribution in [3.63, 3.8) is 0 Å². The van der Waals surface area contributed by atoms with Crippen LogP contribution in [0.3, 0.4) is 0 Å². The van der Waals surface area contributed by atoms with E-state index in [1.54, 1.807) is 6.92 Å². The molecule has 1 aromatic rings. The number of aliphatic hydroxyl groups excluding tert-OH is 2. The van der Waals surface area contributed by atoms with Crippen LogP contribution in [0.15, 0.2) is 21.9 Å². The first-order chi connectivity index (χ1) is 19.6. The molecule has 2 heterocycles. The highest BCUT2D eigenvalue weighted by molar-refractivity contribution is 7.70. The van der Waals surface area contributed by atoms with Gasteiger partial charge in [-0.25, -0.2) is 4.79 Å². The highest BCUT2D eigenvalue weighted by atomic mass is 31.2. The third-order valence-corrected chi connectivity index (χ3v) is 10.1. The molecule has 15 nitrogen and oxygen atoms in total. The van der Waals surface area contributed by atoms with Crippen molar-refractivity contribution < 1.29 is 43.3 Å². The summed E-state index contributed by atoms with van der Waals surface area (Å²) in [5.41, 5.74) is -1.32. The summed E-state index contributed by atoms with van der Waals surface area (Å²) in [5, 5.41) is 20.3. The second kappa shape index (κ2) is 19.9. The molecule has 0 radical (unpaired) electrons. The zero-order valence-corrected chi connectivity index (χ0v) is 27.7. The van der Waals surface area contributed by atoms with Gasteiger partial charge in [-0.05, 0) is 45.7 Å². The Bertz CT molecular complexity index is 1080. The maximum atomic E-state index is 12.5. The van der Waals surface area contributed by atoms with Crippen molar-refractivity contribution in [2.75, 3.05) is 51.8 Å². The van der Waals surface area contributed by atoms with Crippen LogP contribution in [0, 0.1) is 0 Å². The van der Waals surface area contributed by atoms with Gasteiger partial charge in [0.1, 0.15) is 18.3 Å². The Morgan fingerprint density at radius 2 is 1.33 bits per heavy atom. The smallest absolute Gasteiger partial charge is 0.340 e.